The van der Waals surface area contributed by atoms with Crippen molar-refractivity contribution in [2.24, 2.45) is 0 Å². The van der Waals surface area contributed by atoms with Crippen molar-refractivity contribution in [2.45, 2.75) is 0 Å². The molecule has 4 aromatic rings. The quantitative estimate of drug-likeness (QED) is 0.342. The average molecular weight is 417 g/mol. The van der Waals surface area contributed by atoms with Gasteiger partial charge in [0, 0.05) is 0 Å². The summed E-state index contributed by atoms with van der Waals surface area (Å²) in [4.78, 5) is 0. The standard InChI is InChI=1S/C30H24O2/c1-31-25-16-12-21(13-17-25)28-20-24-10-6-7-11-27(24)30(28)29(22-8-4-3-5-9-22)23-14-18-26(32-2)19-15-23/h3-20H,1-2H3/b30-29-. The van der Waals surface area contributed by atoms with Gasteiger partial charge in [0.15, 0.2) is 0 Å². The van der Waals surface area contributed by atoms with E-state index in [0.717, 1.165) is 17.1 Å². The van der Waals surface area contributed by atoms with Crippen molar-refractivity contribution in [1.82, 2.24) is 0 Å². The van der Waals surface area contributed by atoms with E-state index in [0.29, 0.717) is 0 Å². The third-order valence-electron chi connectivity index (χ3n) is 5.89. The molecule has 0 radical (unpaired) electrons. The fourth-order valence-electron chi connectivity index (χ4n) is 4.31. The van der Waals surface area contributed by atoms with E-state index in [-0.39, 0.29) is 0 Å². The van der Waals surface area contributed by atoms with Gasteiger partial charge in [-0.3, -0.25) is 0 Å². The lowest BCUT2D eigenvalue weighted by Crippen LogP contribution is -1.96. The number of hydrogen-bond acceptors (Lipinski definition) is 2. The Morgan fingerprint density at radius 1 is 0.562 bits per heavy atom. The van der Waals surface area contributed by atoms with Crippen molar-refractivity contribution in [3.63, 3.8) is 0 Å². The highest BCUT2D eigenvalue weighted by molar-refractivity contribution is 6.25. The molecule has 0 spiro atoms. The lowest BCUT2D eigenvalue weighted by atomic mass is 9.86. The Balaban J connectivity index is 1.80. The third-order valence-corrected chi connectivity index (χ3v) is 5.89. The maximum Gasteiger partial charge on any atom is 0.118 e. The van der Waals surface area contributed by atoms with Crippen LogP contribution < -0.4 is 9.47 Å². The Morgan fingerprint density at radius 3 is 1.78 bits per heavy atom. The summed E-state index contributed by atoms with van der Waals surface area (Å²) in [5.74, 6) is 1.71. The molecule has 0 bridgehead atoms. The highest BCUT2D eigenvalue weighted by atomic mass is 16.5. The molecule has 0 amide bonds. The van der Waals surface area contributed by atoms with Crippen LogP contribution in [0.1, 0.15) is 27.8 Å². The molecule has 0 heterocycles. The van der Waals surface area contributed by atoms with Crippen LogP contribution in [0, 0.1) is 0 Å². The van der Waals surface area contributed by atoms with E-state index >= 15 is 0 Å². The summed E-state index contributed by atoms with van der Waals surface area (Å²) in [6.45, 7) is 0. The average Bonchev–Trinajstić information content (AvgIpc) is 3.25. The highest BCUT2D eigenvalue weighted by Crippen LogP contribution is 2.47. The molecule has 0 N–H and O–H groups in total. The number of methoxy groups -OCH3 is 2. The van der Waals surface area contributed by atoms with Crippen molar-refractivity contribution in [3.8, 4) is 11.5 Å². The Labute approximate surface area is 189 Å². The number of rotatable bonds is 5. The Kier molecular flexibility index (Phi) is 5.35. The first-order valence-corrected chi connectivity index (χ1v) is 10.7. The summed E-state index contributed by atoms with van der Waals surface area (Å²) in [5.41, 5.74) is 9.64. The van der Waals surface area contributed by atoms with Gasteiger partial charge < -0.3 is 9.47 Å². The Morgan fingerprint density at radius 2 is 1.12 bits per heavy atom. The fourth-order valence-corrected chi connectivity index (χ4v) is 4.31. The largest absolute Gasteiger partial charge is 0.497 e. The maximum atomic E-state index is 5.41. The Bertz CT molecular complexity index is 1300. The van der Waals surface area contributed by atoms with Gasteiger partial charge in [0.1, 0.15) is 11.5 Å². The molecule has 0 unspecified atom stereocenters. The van der Waals surface area contributed by atoms with E-state index in [1.54, 1.807) is 14.2 Å². The van der Waals surface area contributed by atoms with Crippen molar-refractivity contribution in [2.75, 3.05) is 14.2 Å². The predicted molar refractivity (Wildman–Crippen MR) is 133 cm³/mol. The van der Waals surface area contributed by atoms with E-state index < -0.39 is 0 Å². The minimum atomic E-state index is 0.851. The monoisotopic (exact) mass is 416 g/mol. The molecule has 5 rings (SSSR count). The first-order valence-electron chi connectivity index (χ1n) is 10.7. The van der Waals surface area contributed by atoms with E-state index in [2.05, 4.69) is 84.9 Å². The van der Waals surface area contributed by atoms with Crippen LogP contribution in [0.5, 0.6) is 11.5 Å². The molecule has 32 heavy (non-hydrogen) atoms. The normalized spacial score (nSPS) is 13.9. The lowest BCUT2D eigenvalue weighted by Gasteiger charge is -2.18. The highest BCUT2D eigenvalue weighted by Gasteiger charge is 2.25. The second kappa shape index (κ2) is 8.60. The second-order valence-electron chi connectivity index (χ2n) is 7.72. The molecular weight excluding hydrogens is 392 g/mol. The van der Waals surface area contributed by atoms with Crippen LogP contribution in [0.2, 0.25) is 0 Å². The summed E-state index contributed by atoms with van der Waals surface area (Å²) in [6, 6.07) is 35.8. The molecular formula is C30H24O2. The molecule has 0 fully saturated rings. The molecule has 1 aliphatic rings. The van der Waals surface area contributed by atoms with Gasteiger partial charge in [0.05, 0.1) is 14.2 Å². The van der Waals surface area contributed by atoms with E-state index in [4.69, 9.17) is 9.47 Å². The van der Waals surface area contributed by atoms with Crippen molar-refractivity contribution in [3.05, 3.63) is 131 Å². The van der Waals surface area contributed by atoms with Crippen molar-refractivity contribution >= 4 is 22.8 Å². The van der Waals surface area contributed by atoms with Gasteiger partial charge in [0.25, 0.3) is 0 Å². The number of fused-ring (bicyclic) bond motifs is 1. The van der Waals surface area contributed by atoms with Gasteiger partial charge in [-0.2, -0.15) is 0 Å². The SMILES string of the molecule is COc1ccc(C2=Cc3ccccc3/C2=C(\c2ccccc2)c2ccc(OC)cc2)cc1. The molecule has 4 aromatic carbocycles. The molecule has 156 valence electrons. The fraction of sp³-hybridized carbons (Fsp3) is 0.0667. The molecule has 0 atom stereocenters. The number of ether oxygens (including phenoxy) is 2. The first kappa shape index (κ1) is 19.9. The van der Waals surface area contributed by atoms with E-state index in [9.17, 15) is 0 Å². The van der Waals surface area contributed by atoms with Crippen LogP contribution in [-0.2, 0) is 0 Å². The topological polar surface area (TPSA) is 18.5 Å². The molecule has 2 heteroatoms. The smallest absolute Gasteiger partial charge is 0.118 e. The summed E-state index contributed by atoms with van der Waals surface area (Å²) in [7, 11) is 3.39. The zero-order valence-electron chi connectivity index (χ0n) is 18.2. The molecule has 0 saturated heterocycles. The number of benzene rings is 4. The summed E-state index contributed by atoms with van der Waals surface area (Å²) in [6.07, 6.45) is 2.29. The number of allylic oxidation sites excluding steroid dienone is 2. The maximum absolute atomic E-state index is 5.41. The van der Waals surface area contributed by atoms with Gasteiger partial charge in [0.2, 0.25) is 0 Å². The van der Waals surface area contributed by atoms with Crippen LogP contribution in [-0.4, -0.2) is 14.2 Å². The van der Waals surface area contributed by atoms with Crippen LogP contribution in [0.15, 0.2) is 103 Å². The van der Waals surface area contributed by atoms with Crippen LogP contribution in [0.25, 0.3) is 22.8 Å². The molecule has 0 aromatic heterocycles. The second-order valence-corrected chi connectivity index (χ2v) is 7.72. The third kappa shape index (κ3) is 3.61. The van der Waals surface area contributed by atoms with Gasteiger partial charge in [-0.25, -0.2) is 0 Å². The first-order chi connectivity index (χ1) is 15.8. The predicted octanol–water partition coefficient (Wildman–Crippen LogP) is 7.22. The van der Waals surface area contributed by atoms with E-state index in [1.807, 2.05) is 24.3 Å². The van der Waals surface area contributed by atoms with Crippen LogP contribution in [0.4, 0.5) is 0 Å². The molecule has 2 nitrogen and oxygen atoms in total. The van der Waals surface area contributed by atoms with Crippen molar-refractivity contribution in [1.29, 1.82) is 0 Å². The lowest BCUT2D eigenvalue weighted by molar-refractivity contribution is 0.414. The summed E-state index contributed by atoms with van der Waals surface area (Å²) in [5, 5.41) is 0. The van der Waals surface area contributed by atoms with Gasteiger partial charge in [-0.15, -0.1) is 0 Å². The van der Waals surface area contributed by atoms with Gasteiger partial charge in [-0.1, -0.05) is 78.9 Å². The zero-order chi connectivity index (χ0) is 21.9. The number of hydrogen-bond donors (Lipinski definition) is 0. The minimum absolute atomic E-state index is 0.851. The molecule has 0 aliphatic heterocycles. The van der Waals surface area contributed by atoms with Crippen LogP contribution in [0.3, 0.4) is 0 Å². The van der Waals surface area contributed by atoms with Gasteiger partial charge in [-0.05, 0) is 74.9 Å². The van der Waals surface area contributed by atoms with E-state index in [1.165, 1.54) is 39.0 Å². The Hall–Kier alpha value is -4.04. The molecule has 0 saturated carbocycles. The molecule has 1 aliphatic carbocycles. The van der Waals surface area contributed by atoms with Gasteiger partial charge >= 0.3 is 0 Å². The zero-order valence-corrected chi connectivity index (χ0v) is 18.2. The van der Waals surface area contributed by atoms with Crippen LogP contribution >= 0.6 is 0 Å². The summed E-state index contributed by atoms with van der Waals surface area (Å²) >= 11 is 0. The summed E-state index contributed by atoms with van der Waals surface area (Å²) < 4.78 is 10.8. The van der Waals surface area contributed by atoms with Crippen molar-refractivity contribution < 1.29 is 9.47 Å². The minimum Gasteiger partial charge on any atom is -0.497 e.